The molecule has 1 saturated heterocycles. The normalized spacial score (nSPS) is 16.9. The number of nitrogens with zero attached hydrogens (tertiary/aromatic N) is 3. The fourth-order valence-corrected chi connectivity index (χ4v) is 4.98. The molecule has 212 valence electrons. The highest BCUT2D eigenvalue weighted by molar-refractivity contribution is 6.36. The van der Waals surface area contributed by atoms with Gasteiger partial charge in [-0.05, 0) is 50.3 Å². The third-order valence-corrected chi connectivity index (χ3v) is 6.87. The van der Waals surface area contributed by atoms with E-state index in [1.807, 2.05) is 6.92 Å². The lowest BCUT2D eigenvalue weighted by molar-refractivity contribution is 0.0566. The van der Waals surface area contributed by atoms with Gasteiger partial charge in [0.25, 0.3) is 0 Å². The van der Waals surface area contributed by atoms with Crippen LogP contribution in [0.1, 0.15) is 39.7 Å². The molecule has 5 rings (SSSR count). The van der Waals surface area contributed by atoms with Gasteiger partial charge in [-0.3, -0.25) is 10.2 Å². The topological polar surface area (TPSA) is 112 Å². The number of hydrogen-bond donors (Lipinski definition) is 1. The van der Waals surface area contributed by atoms with Crippen LogP contribution < -0.4 is 15.0 Å². The average molecular weight is 573 g/mol. The van der Waals surface area contributed by atoms with Gasteiger partial charge in [0.15, 0.2) is 0 Å². The second-order valence-electron chi connectivity index (χ2n) is 10.5. The summed E-state index contributed by atoms with van der Waals surface area (Å²) in [6, 6.07) is 3.20. The molecule has 0 spiro atoms. The Labute approximate surface area is 235 Å². The first-order valence-electron chi connectivity index (χ1n) is 13.0. The molecule has 12 heteroatoms. The molecular formula is C28H30ClFN4O6. The van der Waals surface area contributed by atoms with E-state index in [1.54, 1.807) is 32.9 Å². The smallest absolute Gasteiger partial charge is 0.415 e. The summed E-state index contributed by atoms with van der Waals surface area (Å²) in [6.45, 7) is 8.65. The molecule has 2 aromatic heterocycles. The number of carbonyl (C=O) groups excluding carboxylic acids is 2. The van der Waals surface area contributed by atoms with Gasteiger partial charge in [0.2, 0.25) is 5.88 Å². The van der Waals surface area contributed by atoms with E-state index in [4.69, 9.17) is 30.5 Å². The summed E-state index contributed by atoms with van der Waals surface area (Å²) in [6.07, 6.45) is 2.45. The van der Waals surface area contributed by atoms with Gasteiger partial charge in [-0.2, -0.15) is 0 Å². The van der Waals surface area contributed by atoms with Crippen LogP contribution in [0.15, 0.2) is 24.5 Å². The van der Waals surface area contributed by atoms with E-state index in [1.165, 1.54) is 17.3 Å². The Kier molecular flexibility index (Phi) is 7.70. The number of rotatable bonds is 4. The van der Waals surface area contributed by atoms with Crippen molar-refractivity contribution in [2.75, 3.05) is 36.6 Å². The SMILES string of the molecule is CCc1c(-c2cc3cc(NC(=O)OC4CCOC4)ncc3c(Cl)c2F)cnc2c1N(C(=O)OC(C)(C)C)CCO2. The Morgan fingerprint density at radius 3 is 2.70 bits per heavy atom. The van der Waals surface area contributed by atoms with Crippen LogP contribution in [-0.2, 0) is 20.6 Å². The number of carbonyl (C=O) groups is 2. The molecule has 1 aromatic carbocycles. The molecular weight excluding hydrogens is 543 g/mol. The zero-order chi connectivity index (χ0) is 28.6. The van der Waals surface area contributed by atoms with Crippen LogP contribution in [0.25, 0.3) is 21.9 Å². The number of anilines is 2. The molecule has 0 radical (unpaired) electrons. The van der Waals surface area contributed by atoms with Crippen LogP contribution in [0.2, 0.25) is 5.02 Å². The fourth-order valence-electron chi connectivity index (χ4n) is 4.72. The summed E-state index contributed by atoms with van der Waals surface area (Å²) in [7, 11) is 0. The minimum absolute atomic E-state index is 0.128. The molecule has 2 amide bonds. The largest absolute Gasteiger partial charge is 0.474 e. The first kappa shape index (κ1) is 27.9. The molecule has 10 nitrogen and oxygen atoms in total. The number of amides is 2. The van der Waals surface area contributed by atoms with Crippen LogP contribution in [0.4, 0.5) is 25.5 Å². The van der Waals surface area contributed by atoms with E-state index in [2.05, 4.69) is 15.3 Å². The minimum Gasteiger partial charge on any atom is -0.474 e. The molecule has 2 aliphatic heterocycles. The Bertz CT molecular complexity index is 1470. The molecule has 0 aliphatic carbocycles. The maximum absolute atomic E-state index is 15.8. The van der Waals surface area contributed by atoms with Gasteiger partial charge in [-0.25, -0.2) is 23.9 Å². The zero-order valence-electron chi connectivity index (χ0n) is 22.7. The highest BCUT2D eigenvalue weighted by atomic mass is 35.5. The monoisotopic (exact) mass is 572 g/mol. The number of aromatic nitrogens is 2. The van der Waals surface area contributed by atoms with E-state index in [-0.39, 0.29) is 41.5 Å². The standard InChI is InChI=1S/C28H30ClFN4O6/c1-5-17-20(13-32-25-24(17)34(7-9-38-25)27(36)40-28(2,3)4)18-10-15-11-21(31-12-19(15)22(29)23(18)30)33-26(35)39-16-6-8-37-14-16/h10-13,16H,5-9,14H2,1-4H3,(H,31,33,35). The summed E-state index contributed by atoms with van der Waals surface area (Å²) in [5, 5.41) is 3.38. The first-order chi connectivity index (χ1) is 19.1. The van der Waals surface area contributed by atoms with E-state index < -0.39 is 23.6 Å². The number of benzene rings is 1. The quantitative estimate of drug-likeness (QED) is 0.398. The molecule has 40 heavy (non-hydrogen) atoms. The Morgan fingerprint density at radius 2 is 2.00 bits per heavy atom. The maximum Gasteiger partial charge on any atom is 0.415 e. The molecule has 3 aromatic rings. The molecule has 1 unspecified atom stereocenters. The van der Waals surface area contributed by atoms with Gasteiger partial charge in [-0.15, -0.1) is 0 Å². The van der Waals surface area contributed by atoms with Gasteiger partial charge >= 0.3 is 12.2 Å². The summed E-state index contributed by atoms with van der Waals surface area (Å²) in [5.41, 5.74) is 1.02. The second kappa shape index (κ2) is 11.1. The van der Waals surface area contributed by atoms with Crippen molar-refractivity contribution in [1.82, 2.24) is 9.97 Å². The lowest BCUT2D eigenvalue weighted by atomic mass is 9.95. The average Bonchev–Trinajstić information content (AvgIpc) is 3.41. The molecule has 1 N–H and O–H groups in total. The third-order valence-electron chi connectivity index (χ3n) is 6.50. The van der Waals surface area contributed by atoms with Crippen molar-refractivity contribution in [3.05, 3.63) is 40.9 Å². The highest BCUT2D eigenvalue weighted by Crippen LogP contribution is 2.43. The van der Waals surface area contributed by atoms with E-state index >= 15 is 4.39 Å². The summed E-state index contributed by atoms with van der Waals surface area (Å²) in [5.74, 6) is -0.171. The second-order valence-corrected chi connectivity index (χ2v) is 10.9. The fraction of sp³-hybridized carbons (Fsp3) is 0.429. The number of nitrogens with one attached hydrogen (secondary N) is 1. The Balaban J connectivity index is 1.54. The molecule has 1 atom stereocenters. The summed E-state index contributed by atoms with van der Waals surface area (Å²) < 4.78 is 37.7. The van der Waals surface area contributed by atoms with Gasteiger partial charge in [-0.1, -0.05) is 18.5 Å². The van der Waals surface area contributed by atoms with Crippen LogP contribution in [0.3, 0.4) is 0 Å². The summed E-state index contributed by atoms with van der Waals surface area (Å²) in [4.78, 5) is 35.5. The van der Waals surface area contributed by atoms with Crippen LogP contribution in [0, 0.1) is 5.82 Å². The number of ether oxygens (including phenoxy) is 4. The molecule has 4 heterocycles. The van der Waals surface area contributed by atoms with Crippen LogP contribution in [0.5, 0.6) is 5.88 Å². The first-order valence-corrected chi connectivity index (χ1v) is 13.4. The molecule has 2 aliphatic rings. The Morgan fingerprint density at radius 1 is 1.20 bits per heavy atom. The van der Waals surface area contributed by atoms with Crippen molar-refractivity contribution in [2.45, 2.75) is 52.2 Å². The van der Waals surface area contributed by atoms with E-state index in [9.17, 15) is 9.59 Å². The van der Waals surface area contributed by atoms with Gasteiger partial charge in [0, 0.05) is 35.3 Å². The lowest BCUT2D eigenvalue weighted by Crippen LogP contribution is -2.42. The third kappa shape index (κ3) is 5.62. The number of fused-ring (bicyclic) bond motifs is 2. The number of halogens is 2. The Hall–Kier alpha value is -3.70. The van der Waals surface area contributed by atoms with Crippen molar-refractivity contribution >= 4 is 46.1 Å². The van der Waals surface area contributed by atoms with Crippen molar-refractivity contribution in [3.63, 3.8) is 0 Å². The predicted octanol–water partition coefficient (Wildman–Crippen LogP) is 6.12. The van der Waals surface area contributed by atoms with Crippen molar-refractivity contribution in [3.8, 4) is 17.0 Å². The molecule has 0 saturated carbocycles. The maximum atomic E-state index is 15.8. The van der Waals surface area contributed by atoms with Gasteiger partial charge in [0.1, 0.15) is 35.6 Å². The molecule has 1 fully saturated rings. The van der Waals surface area contributed by atoms with Crippen molar-refractivity contribution in [1.29, 1.82) is 0 Å². The van der Waals surface area contributed by atoms with E-state index in [0.717, 1.165) is 0 Å². The van der Waals surface area contributed by atoms with Crippen LogP contribution in [-0.4, -0.2) is 60.2 Å². The number of pyridine rings is 2. The van der Waals surface area contributed by atoms with E-state index in [0.29, 0.717) is 53.6 Å². The van der Waals surface area contributed by atoms with Gasteiger partial charge < -0.3 is 18.9 Å². The highest BCUT2D eigenvalue weighted by Gasteiger charge is 2.33. The van der Waals surface area contributed by atoms with Crippen molar-refractivity contribution < 1.29 is 32.9 Å². The predicted molar refractivity (Wildman–Crippen MR) is 148 cm³/mol. The molecule has 0 bridgehead atoms. The van der Waals surface area contributed by atoms with Crippen molar-refractivity contribution in [2.24, 2.45) is 0 Å². The lowest BCUT2D eigenvalue weighted by Gasteiger charge is -2.33. The van der Waals surface area contributed by atoms with Gasteiger partial charge in [0.05, 0.1) is 24.8 Å². The zero-order valence-corrected chi connectivity index (χ0v) is 23.4. The van der Waals surface area contributed by atoms with Crippen LogP contribution >= 0.6 is 11.6 Å². The summed E-state index contributed by atoms with van der Waals surface area (Å²) >= 11 is 6.47. The minimum atomic E-state index is -0.706. The number of hydrogen-bond acceptors (Lipinski definition) is 8.